The van der Waals surface area contributed by atoms with Crippen molar-refractivity contribution < 1.29 is 14.3 Å². The van der Waals surface area contributed by atoms with E-state index < -0.39 is 11.8 Å². The maximum atomic E-state index is 13.1. The van der Waals surface area contributed by atoms with Crippen molar-refractivity contribution in [3.05, 3.63) is 53.6 Å². The molecule has 2 aromatic rings. The van der Waals surface area contributed by atoms with E-state index in [9.17, 15) is 9.18 Å². The van der Waals surface area contributed by atoms with Crippen LogP contribution >= 0.6 is 0 Å². The van der Waals surface area contributed by atoms with Crippen LogP contribution in [0.5, 0.6) is 0 Å². The van der Waals surface area contributed by atoms with Crippen molar-refractivity contribution >= 4 is 11.7 Å². The number of aromatic nitrogens is 1. The Kier molecular flexibility index (Phi) is 3.09. The number of aromatic amines is 1. The van der Waals surface area contributed by atoms with Crippen LogP contribution in [0, 0.1) is 5.82 Å². The SMILES string of the molecule is O=C(O)c1cc(NCc2cc[nH]c2)ccc1F. The number of hydrogen-bond donors (Lipinski definition) is 3. The van der Waals surface area contributed by atoms with Crippen molar-refractivity contribution in [3.8, 4) is 0 Å². The molecule has 17 heavy (non-hydrogen) atoms. The summed E-state index contributed by atoms with van der Waals surface area (Å²) in [6.45, 7) is 0.550. The van der Waals surface area contributed by atoms with Crippen molar-refractivity contribution in [1.29, 1.82) is 0 Å². The molecule has 0 radical (unpaired) electrons. The van der Waals surface area contributed by atoms with E-state index in [1.165, 1.54) is 12.1 Å². The zero-order valence-corrected chi connectivity index (χ0v) is 8.90. The van der Waals surface area contributed by atoms with Gasteiger partial charge in [0.1, 0.15) is 5.82 Å². The number of carbonyl (C=O) groups is 1. The summed E-state index contributed by atoms with van der Waals surface area (Å²) in [6, 6.07) is 5.83. The first kappa shape index (κ1) is 11.2. The summed E-state index contributed by atoms with van der Waals surface area (Å²) in [7, 11) is 0. The van der Waals surface area contributed by atoms with Gasteiger partial charge in [-0.25, -0.2) is 9.18 Å². The van der Waals surface area contributed by atoms with Crippen LogP contribution in [-0.4, -0.2) is 16.1 Å². The van der Waals surface area contributed by atoms with E-state index in [0.29, 0.717) is 12.2 Å². The number of aromatic carboxylic acids is 1. The van der Waals surface area contributed by atoms with Gasteiger partial charge in [0.05, 0.1) is 5.56 Å². The lowest BCUT2D eigenvalue weighted by Crippen LogP contribution is -2.04. The monoisotopic (exact) mass is 234 g/mol. The average Bonchev–Trinajstić information content (AvgIpc) is 2.80. The lowest BCUT2D eigenvalue weighted by molar-refractivity contribution is 0.0692. The molecule has 0 atom stereocenters. The molecule has 0 aliphatic rings. The van der Waals surface area contributed by atoms with Gasteiger partial charge in [-0.3, -0.25) is 0 Å². The summed E-state index contributed by atoms with van der Waals surface area (Å²) >= 11 is 0. The summed E-state index contributed by atoms with van der Waals surface area (Å²) < 4.78 is 13.1. The summed E-state index contributed by atoms with van der Waals surface area (Å²) in [4.78, 5) is 13.6. The first-order valence-corrected chi connectivity index (χ1v) is 5.05. The van der Waals surface area contributed by atoms with E-state index in [2.05, 4.69) is 10.3 Å². The lowest BCUT2D eigenvalue weighted by Gasteiger charge is -2.06. The van der Waals surface area contributed by atoms with Crippen LogP contribution in [-0.2, 0) is 6.54 Å². The quantitative estimate of drug-likeness (QED) is 0.761. The van der Waals surface area contributed by atoms with Crippen LogP contribution in [0.4, 0.5) is 10.1 Å². The zero-order chi connectivity index (χ0) is 12.3. The van der Waals surface area contributed by atoms with Crippen molar-refractivity contribution in [3.63, 3.8) is 0 Å². The molecule has 5 heteroatoms. The van der Waals surface area contributed by atoms with Gasteiger partial charge in [0.25, 0.3) is 0 Å². The van der Waals surface area contributed by atoms with Gasteiger partial charge in [0.2, 0.25) is 0 Å². The Bertz CT molecular complexity index is 523. The van der Waals surface area contributed by atoms with Crippen LogP contribution in [0.15, 0.2) is 36.7 Å². The smallest absolute Gasteiger partial charge is 0.338 e. The topological polar surface area (TPSA) is 65.1 Å². The van der Waals surface area contributed by atoms with E-state index in [1.54, 1.807) is 6.20 Å². The normalized spacial score (nSPS) is 10.2. The third-order valence-corrected chi connectivity index (χ3v) is 2.36. The fourth-order valence-corrected chi connectivity index (χ4v) is 1.47. The van der Waals surface area contributed by atoms with E-state index in [4.69, 9.17) is 5.11 Å². The number of halogens is 1. The highest BCUT2D eigenvalue weighted by atomic mass is 19.1. The molecule has 3 N–H and O–H groups in total. The number of H-pyrrole nitrogens is 1. The van der Waals surface area contributed by atoms with Crippen molar-refractivity contribution in [1.82, 2.24) is 4.98 Å². The minimum atomic E-state index is -1.27. The van der Waals surface area contributed by atoms with Gasteiger partial charge < -0.3 is 15.4 Å². The number of hydrogen-bond acceptors (Lipinski definition) is 2. The van der Waals surface area contributed by atoms with E-state index >= 15 is 0 Å². The Morgan fingerprint density at radius 1 is 1.41 bits per heavy atom. The van der Waals surface area contributed by atoms with Crippen LogP contribution in [0.25, 0.3) is 0 Å². The summed E-state index contributed by atoms with van der Waals surface area (Å²) in [6.07, 6.45) is 3.62. The highest BCUT2D eigenvalue weighted by molar-refractivity contribution is 5.89. The number of rotatable bonds is 4. The average molecular weight is 234 g/mol. The summed E-state index contributed by atoms with van der Waals surface area (Å²) in [5.74, 6) is -2.00. The van der Waals surface area contributed by atoms with Gasteiger partial charge in [0, 0.05) is 24.6 Å². The molecule has 0 aliphatic carbocycles. The molecule has 0 saturated carbocycles. The standard InChI is InChI=1S/C12H11FN2O2/c13-11-2-1-9(5-10(11)12(16)17)15-7-8-3-4-14-6-8/h1-6,14-15H,7H2,(H,16,17). The second-order valence-corrected chi connectivity index (χ2v) is 3.57. The Morgan fingerprint density at radius 2 is 2.24 bits per heavy atom. The van der Waals surface area contributed by atoms with Gasteiger partial charge >= 0.3 is 5.97 Å². The molecule has 1 aromatic heterocycles. The minimum absolute atomic E-state index is 0.330. The van der Waals surface area contributed by atoms with Crippen molar-refractivity contribution in [2.45, 2.75) is 6.54 Å². The third kappa shape index (κ3) is 2.63. The molecule has 0 fully saturated rings. The predicted octanol–water partition coefficient (Wildman–Crippen LogP) is 2.46. The molecule has 2 rings (SSSR count). The van der Waals surface area contributed by atoms with Crippen LogP contribution in [0.2, 0.25) is 0 Å². The Morgan fingerprint density at radius 3 is 2.88 bits per heavy atom. The number of carboxylic acid groups (broad SMARTS) is 1. The van der Waals surface area contributed by atoms with Crippen molar-refractivity contribution in [2.75, 3.05) is 5.32 Å². The predicted molar refractivity (Wildman–Crippen MR) is 61.5 cm³/mol. The van der Waals surface area contributed by atoms with E-state index in [-0.39, 0.29) is 5.56 Å². The molecule has 4 nitrogen and oxygen atoms in total. The second kappa shape index (κ2) is 4.69. The van der Waals surface area contributed by atoms with Gasteiger partial charge in [-0.05, 0) is 29.8 Å². The third-order valence-electron chi connectivity index (χ3n) is 2.36. The fourth-order valence-electron chi connectivity index (χ4n) is 1.47. The molecule has 0 unspecified atom stereocenters. The second-order valence-electron chi connectivity index (χ2n) is 3.57. The maximum absolute atomic E-state index is 13.1. The molecule has 88 valence electrons. The van der Waals surface area contributed by atoms with E-state index in [0.717, 1.165) is 11.6 Å². The molecular formula is C12H11FN2O2. The highest BCUT2D eigenvalue weighted by Gasteiger charge is 2.10. The summed E-state index contributed by atoms with van der Waals surface area (Å²) in [5.41, 5.74) is 1.28. The Hall–Kier alpha value is -2.30. The minimum Gasteiger partial charge on any atom is -0.478 e. The van der Waals surface area contributed by atoms with E-state index in [1.807, 2.05) is 12.3 Å². The molecule has 0 spiro atoms. The number of anilines is 1. The largest absolute Gasteiger partial charge is 0.478 e. The first-order valence-electron chi connectivity index (χ1n) is 5.05. The van der Waals surface area contributed by atoms with Gasteiger partial charge in [-0.2, -0.15) is 0 Å². The van der Waals surface area contributed by atoms with Crippen LogP contribution in [0.3, 0.4) is 0 Å². The van der Waals surface area contributed by atoms with Crippen LogP contribution < -0.4 is 5.32 Å². The lowest BCUT2D eigenvalue weighted by atomic mass is 10.2. The number of nitrogens with one attached hydrogen (secondary N) is 2. The molecule has 0 saturated heterocycles. The fraction of sp³-hybridized carbons (Fsp3) is 0.0833. The molecule has 0 aliphatic heterocycles. The molecular weight excluding hydrogens is 223 g/mol. The molecule has 0 bridgehead atoms. The molecule has 1 aromatic carbocycles. The molecule has 0 amide bonds. The van der Waals surface area contributed by atoms with Gasteiger partial charge in [-0.1, -0.05) is 0 Å². The van der Waals surface area contributed by atoms with Gasteiger partial charge in [-0.15, -0.1) is 0 Å². The Balaban J connectivity index is 2.11. The zero-order valence-electron chi connectivity index (χ0n) is 8.90. The van der Waals surface area contributed by atoms with Gasteiger partial charge in [0.15, 0.2) is 0 Å². The Labute approximate surface area is 97.1 Å². The maximum Gasteiger partial charge on any atom is 0.338 e. The number of benzene rings is 1. The summed E-state index contributed by atoms with van der Waals surface area (Å²) in [5, 5.41) is 11.8. The molecule has 1 heterocycles. The van der Waals surface area contributed by atoms with Crippen molar-refractivity contribution in [2.24, 2.45) is 0 Å². The van der Waals surface area contributed by atoms with Crippen LogP contribution in [0.1, 0.15) is 15.9 Å². The first-order chi connectivity index (χ1) is 8.16. The number of carboxylic acids is 1. The highest BCUT2D eigenvalue weighted by Crippen LogP contribution is 2.15.